The molecule has 17 heavy (non-hydrogen) atoms. The van der Waals surface area contributed by atoms with Crippen LogP contribution in [0.3, 0.4) is 0 Å². The lowest BCUT2D eigenvalue weighted by Crippen LogP contribution is -2.48. The SMILES string of the molecule is CCCC1CCCCC1NC(=O)N(CC)CC. The molecule has 1 N–H and O–H groups in total. The number of rotatable bonds is 5. The van der Waals surface area contributed by atoms with E-state index in [9.17, 15) is 4.79 Å². The summed E-state index contributed by atoms with van der Waals surface area (Å²) in [5.41, 5.74) is 0. The number of hydrogen-bond acceptors (Lipinski definition) is 1. The normalized spacial score (nSPS) is 24.4. The third-order valence-corrected chi connectivity index (χ3v) is 3.93. The van der Waals surface area contributed by atoms with E-state index in [0.717, 1.165) is 19.5 Å². The van der Waals surface area contributed by atoms with Crippen molar-refractivity contribution in [2.24, 2.45) is 5.92 Å². The summed E-state index contributed by atoms with van der Waals surface area (Å²) in [6.45, 7) is 7.90. The van der Waals surface area contributed by atoms with Gasteiger partial charge < -0.3 is 10.2 Å². The van der Waals surface area contributed by atoms with Crippen molar-refractivity contribution in [2.45, 2.75) is 65.3 Å². The summed E-state index contributed by atoms with van der Waals surface area (Å²) in [5, 5.41) is 3.24. The largest absolute Gasteiger partial charge is 0.335 e. The van der Waals surface area contributed by atoms with Gasteiger partial charge in [0.25, 0.3) is 0 Å². The lowest BCUT2D eigenvalue weighted by atomic mass is 9.82. The van der Waals surface area contributed by atoms with Crippen molar-refractivity contribution in [2.75, 3.05) is 13.1 Å². The van der Waals surface area contributed by atoms with Crippen LogP contribution in [0.4, 0.5) is 4.79 Å². The summed E-state index contributed by atoms with van der Waals surface area (Å²) < 4.78 is 0. The second-order valence-electron chi connectivity index (χ2n) is 5.06. The van der Waals surface area contributed by atoms with E-state index in [2.05, 4.69) is 12.2 Å². The summed E-state index contributed by atoms with van der Waals surface area (Å²) in [5.74, 6) is 0.702. The van der Waals surface area contributed by atoms with Gasteiger partial charge in [0.05, 0.1) is 0 Å². The number of urea groups is 1. The van der Waals surface area contributed by atoms with Crippen LogP contribution in [0.15, 0.2) is 0 Å². The van der Waals surface area contributed by atoms with Crippen LogP contribution < -0.4 is 5.32 Å². The topological polar surface area (TPSA) is 32.3 Å². The second-order valence-corrected chi connectivity index (χ2v) is 5.06. The average Bonchev–Trinajstić information content (AvgIpc) is 2.33. The first kappa shape index (κ1) is 14.3. The fourth-order valence-corrected chi connectivity index (χ4v) is 2.87. The van der Waals surface area contributed by atoms with Gasteiger partial charge in [-0.1, -0.05) is 26.2 Å². The van der Waals surface area contributed by atoms with Gasteiger partial charge in [-0.15, -0.1) is 0 Å². The van der Waals surface area contributed by atoms with Crippen LogP contribution in [-0.2, 0) is 0 Å². The first-order valence-electron chi connectivity index (χ1n) is 7.28. The molecular weight excluding hydrogens is 212 g/mol. The number of hydrogen-bond donors (Lipinski definition) is 1. The molecule has 100 valence electrons. The first-order chi connectivity index (χ1) is 8.22. The minimum absolute atomic E-state index is 0.128. The lowest BCUT2D eigenvalue weighted by Gasteiger charge is -2.33. The highest BCUT2D eigenvalue weighted by atomic mass is 16.2. The van der Waals surface area contributed by atoms with Crippen LogP contribution in [0.1, 0.15) is 59.3 Å². The maximum Gasteiger partial charge on any atom is 0.317 e. The van der Waals surface area contributed by atoms with Crippen molar-refractivity contribution >= 4 is 6.03 Å². The molecule has 2 amide bonds. The zero-order chi connectivity index (χ0) is 12.7. The van der Waals surface area contributed by atoms with Gasteiger partial charge >= 0.3 is 6.03 Å². The zero-order valence-electron chi connectivity index (χ0n) is 11.7. The Kier molecular flexibility index (Phi) is 6.38. The van der Waals surface area contributed by atoms with E-state index >= 15 is 0 Å². The fraction of sp³-hybridized carbons (Fsp3) is 0.929. The van der Waals surface area contributed by atoms with Gasteiger partial charge in [0.2, 0.25) is 0 Å². The molecule has 0 heterocycles. The summed E-state index contributed by atoms with van der Waals surface area (Å²) in [6, 6.07) is 0.541. The van der Waals surface area contributed by atoms with Gasteiger partial charge in [0.15, 0.2) is 0 Å². The molecule has 0 saturated heterocycles. The Balaban J connectivity index is 2.49. The van der Waals surface area contributed by atoms with Crippen molar-refractivity contribution in [1.29, 1.82) is 0 Å². The van der Waals surface area contributed by atoms with Crippen molar-refractivity contribution in [3.8, 4) is 0 Å². The van der Waals surface area contributed by atoms with Crippen LogP contribution in [0.5, 0.6) is 0 Å². The van der Waals surface area contributed by atoms with Gasteiger partial charge in [0, 0.05) is 19.1 Å². The molecule has 0 radical (unpaired) electrons. The molecule has 0 bridgehead atoms. The summed E-state index contributed by atoms with van der Waals surface area (Å²) >= 11 is 0. The highest BCUT2D eigenvalue weighted by Gasteiger charge is 2.26. The van der Waals surface area contributed by atoms with E-state index in [1.165, 1.54) is 32.1 Å². The third-order valence-electron chi connectivity index (χ3n) is 3.93. The summed E-state index contributed by atoms with van der Waals surface area (Å²) in [7, 11) is 0. The molecule has 0 aromatic heterocycles. The van der Waals surface area contributed by atoms with Crippen LogP contribution in [0, 0.1) is 5.92 Å². The number of nitrogens with zero attached hydrogens (tertiary/aromatic N) is 1. The van der Waals surface area contributed by atoms with Gasteiger partial charge in [-0.25, -0.2) is 4.79 Å². The molecule has 1 aliphatic carbocycles. The minimum Gasteiger partial charge on any atom is -0.335 e. The summed E-state index contributed by atoms with van der Waals surface area (Å²) in [6.07, 6.45) is 7.53. The molecule has 0 aliphatic heterocycles. The fourth-order valence-electron chi connectivity index (χ4n) is 2.87. The van der Waals surface area contributed by atoms with E-state index in [-0.39, 0.29) is 6.03 Å². The molecule has 1 fully saturated rings. The monoisotopic (exact) mass is 240 g/mol. The van der Waals surface area contributed by atoms with E-state index in [1.807, 2.05) is 18.7 Å². The Morgan fingerprint density at radius 3 is 2.41 bits per heavy atom. The first-order valence-corrected chi connectivity index (χ1v) is 7.28. The van der Waals surface area contributed by atoms with Crippen molar-refractivity contribution in [3.05, 3.63) is 0 Å². The van der Waals surface area contributed by atoms with Crippen molar-refractivity contribution in [3.63, 3.8) is 0 Å². The number of nitrogens with one attached hydrogen (secondary N) is 1. The lowest BCUT2D eigenvalue weighted by molar-refractivity contribution is 0.182. The molecule has 2 unspecified atom stereocenters. The number of carbonyl (C=O) groups is 1. The molecule has 3 nitrogen and oxygen atoms in total. The molecule has 1 saturated carbocycles. The predicted octanol–water partition coefficient (Wildman–Crippen LogP) is 3.40. The van der Waals surface area contributed by atoms with Gasteiger partial charge in [-0.3, -0.25) is 0 Å². The molecule has 1 aliphatic rings. The molecule has 2 atom stereocenters. The third kappa shape index (κ3) is 4.21. The second kappa shape index (κ2) is 7.57. The zero-order valence-corrected chi connectivity index (χ0v) is 11.7. The van der Waals surface area contributed by atoms with Crippen molar-refractivity contribution < 1.29 is 4.79 Å². The Morgan fingerprint density at radius 1 is 1.18 bits per heavy atom. The van der Waals surface area contributed by atoms with E-state index in [1.54, 1.807) is 0 Å². The summed E-state index contributed by atoms with van der Waals surface area (Å²) in [4.78, 5) is 13.9. The van der Waals surface area contributed by atoms with Gasteiger partial charge in [-0.05, 0) is 39.0 Å². The van der Waals surface area contributed by atoms with Crippen LogP contribution in [-0.4, -0.2) is 30.1 Å². The molecule has 0 aromatic carbocycles. The van der Waals surface area contributed by atoms with E-state index < -0.39 is 0 Å². The molecule has 1 rings (SSSR count). The maximum absolute atomic E-state index is 12.0. The maximum atomic E-state index is 12.0. The Morgan fingerprint density at radius 2 is 1.82 bits per heavy atom. The van der Waals surface area contributed by atoms with Gasteiger partial charge in [-0.2, -0.15) is 0 Å². The van der Waals surface area contributed by atoms with Crippen LogP contribution in [0.25, 0.3) is 0 Å². The molecule has 0 aromatic rings. The Labute approximate surface area is 106 Å². The molecule has 3 heteroatoms. The van der Waals surface area contributed by atoms with Gasteiger partial charge in [0.1, 0.15) is 0 Å². The molecule has 0 spiro atoms. The average molecular weight is 240 g/mol. The standard InChI is InChI=1S/C14H28N2O/c1-4-9-12-10-7-8-11-13(12)15-14(17)16(5-2)6-3/h12-13H,4-11H2,1-3H3,(H,15,17). The van der Waals surface area contributed by atoms with Crippen molar-refractivity contribution in [1.82, 2.24) is 10.2 Å². The molecular formula is C14H28N2O. The van der Waals surface area contributed by atoms with Crippen LogP contribution in [0.2, 0.25) is 0 Å². The number of carbonyl (C=O) groups excluding carboxylic acids is 1. The highest BCUT2D eigenvalue weighted by Crippen LogP contribution is 2.28. The Bertz CT molecular complexity index is 224. The van der Waals surface area contributed by atoms with E-state index in [0.29, 0.717) is 12.0 Å². The highest BCUT2D eigenvalue weighted by molar-refractivity contribution is 5.74. The minimum atomic E-state index is 0.128. The smallest absolute Gasteiger partial charge is 0.317 e. The number of amides is 2. The quantitative estimate of drug-likeness (QED) is 0.785. The van der Waals surface area contributed by atoms with E-state index in [4.69, 9.17) is 0 Å². The van der Waals surface area contributed by atoms with Crippen LogP contribution >= 0.6 is 0 Å². The Hall–Kier alpha value is -0.730. The predicted molar refractivity (Wildman–Crippen MR) is 72.1 cm³/mol.